The normalized spacial score (nSPS) is 13.1. The summed E-state index contributed by atoms with van der Waals surface area (Å²) in [5, 5.41) is 9.35. The Morgan fingerprint density at radius 2 is 0.935 bits per heavy atom. The highest BCUT2D eigenvalue weighted by molar-refractivity contribution is 5.87. The fraction of sp³-hybridized carbons (Fsp3) is 0.0714. The van der Waals surface area contributed by atoms with Crippen molar-refractivity contribution < 1.29 is 0 Å². The lowest BCUT2D eigenvalue weighted by atomic mass is 9.73. The molecular formula is C42H32N4. The van der Waals surface area contributed by atoms with Crippen LogP contribution in [0.2, 0.25) is 0 Å². The first kappa shape index (κ1) is 27.7. The predicted octanol–water partition coefficient (Wildman–Crippen LogP) is 10.6. The third-order valence-corrected chi connectivity index (χ3v) is 8.98. The molecule has 7 aromatic rings. The highest BCUT2D eigenvalue weighted by atomic mass is 15.2. The van der Waals surface area contributed by atoms with Crippen LogP contribution in [0.5, 0.6) is 0 Å². The van der Waals surface area contributed by atoms with Gasteiger partial charge in [-0.05, 0) is 52.6 Å². The Bertz CT molecular complexity index is 2140. The van der Waals surface area contributed by atoms with Crippen LogP contribution >= 0.6 is 0 Å². The molecule has 46 heavy (non-hydrogen) atoms. The highest BCUT2D eigenvalue weighted by Gasteiger charge is 2.36. The zero-order valence-electron chi connectivity index (χ0n) is 25.8. The van der Waals surface area contributed by atoms with E-state index in [1.165, 1.54) is 22.5 Å². The van der Waals surface area contributed by atoms with Gasteiger partial charge in [0.25, 0.3) is 0 Å². The molecule has 0 amide bonds. The maximum absolute atomic E-state index is 5.10. The Labute approximate surface area is 269 Å². The number of para-hydroxylation sites is 2. The number of hydrogen-bond donors (Lipinski definition) is 0. The maximum Gasteiger partial charge on any atom is 0.182 e. The molecule has 0 radical (unpaired) electrons. The zero-order chi connectivity index (χ0) is 31.1. The predicted molar refractivity (Wildman–Crippen MR) is 188 cm³/mol. The summed E-state index contributed by atoms with van der Waals surface area (Å²) in [5.41, 5.74) is 12.8. The minimum atomic E-state index is -0.0989. The minimum Gasteiger partial charge on any atom is -0.310 e. The van der Waals surface area contributed by atoms with Gasteiger partial charge in [0, 0.05) is 27.8 Å². The molecule has 0 N–H and O–H groups in total. The van der Waals surface area contributed by atoms with Gasteiger partial charge in [-0.3, -0.25) is 0 Å². The van der Waals surface area contributed by atoms with Crippen molar-refractivity contribution in [2.45, 2.75) is 19.3 Å². The van der Waals surface area contributed by atoms with Crippen molar-refractivity contribution in [1.82, 2.24) is 15.2 Å². The smallest absolute Gasteiger partial charge is 0.182 e. The number of hydrogen-bond acceptors (Lipinski definition) is 4. The second-order valence-corrected chi connectivity index (χ2v) is 12.2. The molecule has 4 nitrogen and oxygen atoms in total. The van der Waals surface area contributed by atoms with Crippen molar-refractivity contribution in [3.63, 3.8) is 0 Å². The number of rotatable bonds is 5. The topological polar surface area (TPSA) is 41.9 Å². The molecule has 1 aromatic heterocycles. The van der Waals surface area contributed by atoms with Crippen LogP contribution in [0.25, 0.3) is 45.0 Å². The summed E-state index contributed by atoms with van der Waals surface area (Å²) in [6.45, 7) is 4.63. The lowest BCUT2D eigenvalue weighted by Gasteiger charge is -2.42. The SMILES string of the molecule is CC1(C)c2ccccc2N(c2cccc(-c3cccc(-c4nnc(-c5ccccc5)c(-c5ccccc5)n4)c3)c2)c2ccccc21. The molecule has 2 heterocycles. The van der Waals surface area contributed by atoms with E-state index in [-0.39, 0.29) is 5.41 Å². The van der Waals surface area contributed by atoms with Gasteiger partial charge in [-0.15, -0.1) is 10.2 Å². The molecule has 6 aromatic carbocycles. The van der Waals surface area contributed by atoms with Crippen molar-refractivity contribution in [1.29, 1.82) is 0 Å². The van der Waals surface area contributed by atoms with Gasteiger partial charge in [0.05, 0.1) is 11.4 Å². The molecule has 0 saturated heterocycles. The first-order valence-electron chi connectivity index (χ1n) is 15.6. The molecule has 1 aliphatic heterocycles. The first-order chi connectivity index (χ1) is 22.6. The maximum atomic E-state index is 5.10. The highest BCUT2D eigenvalue weighted by Crippen LogP contribution is 2.51. The second-order valence-electron chi connectivity index (χ2n) is 12.2. The van der Waals surface area contributed by atoms with Crippen molar-refractivity contribution in [3.8, 4) is 45.0 Å². The summed E-state index contributed by atoms with van der Waals surface area (Å²) >= 11 is 0. The Kier molecular flexibility index (Phi) is 6.76. The van der Waals surface area contributed by atoms with Gasteiger partial charge in [-0.1, -0.05) is 141 Å². The van der Waals surface area contributed by atoms with Gasteiger partial charge in [0.2, 0.25) is 0 Å². The van der Waals surface area contributed by atoms with E-state index < -0.39 is 0 Å². The molecule has 220 valence electrons. The second kappa shape index (κ2) is 11.2. The molecule has 4 heteroatoms. The summed E-state index contributed by atoms with van der Waals surface area (Å²) in [5.74, 6) is 0.595. The van der Waals surface area contributed by atoms with Crippen molar-refractivity contribution in [2.24, 2.45) is 0 Å². The van der Waals surface area contributed by atoms with Crippen LogP contribution in [0.4, 0.5) is 17.1 Å². The van der Waals surface area contributed by atoms with E-state index in [1.54, 1.807) is 0 Å². The van der Waals surface area contributed by atoms with Crippen molar-refractivity contribution in [2.75, 3.05) is 4.90 Å². The summed E-state index contributed by atoms with van der Waals surface area (Å²) in [4.78, 5) is 7.49. The quantitative estimate of drug-likeness (QED) is 0.199. The van der Waals surface area contributed by atoms with Gasteiger partial charge in [0.15, 0.2) is 5.82 Å². The van der Waals surface area contributed by atoms with E-state index >= 15 is 0 Å². The van der Waals surface area contributed by atoms with Crippen LogP contribution in [0.15, 0.2) is 158 Å². The Hall–Kier alpha value is -5.87. The van der Waals surface area contributed by atoms with Gasteiger partial charge in [0.1, 0.15) is 11.4 Å². The average Bonchev–Trinajstić information content (AvgIpc) is 3.12. The monoisotopic (exact) mass is 592 g/mol. The lowest BCUT2D eigenvalue weighted by Crippen LogP contribution is -2.30. The van der Waals surface area contributed by atoms with E-state index in [2.05, 4.69) is 133 Å². The Morgan fingerprint density at radius 3 is 1.59 bits per heavy atom. The average molecular weight is 593 g/mol. The molecule has 0 saturated carbocycles. The van der Waals surface area contributed by atoms with E-state index in [0.717, 1.165) is 44.9 Å². The summed E-state index contributed by atoms with van der Waals surface area (Å²) in [6, 6.07) is 55.1. The largest absolute Gasteiger partial charge is 0.310 e. The molecule has 0 spiro atoms. The first-order valence-corrected chi connectivity index (χ1v) is 15.6. The lowest BCUT2D eigenvalue weighted by molar-refractivity contribution is 0.632. The number of fused-ring (bicyclic) bond motifs is 2. The third-order valence-electron chi connectivity index (χ3n) is 8.98. The molecule has 1 aliphatic rings. The fourth-order valence-corrected chi connectivity index (χ4v) is 6.65. The van der Waals surface area contributed by atoms with E-state index in [1.807, 2.05) is 48.5 Å². The number of aromatic nitrogens is 3. The summed E-state index contributed by atoms with van der Waals surface area (Å²) in [7, 11) is 0. The minimum absolute atomic E-state index is 0.0989. The molecular weight excluding hydrogens is 560 g/mol. The Morgan fingerprint density at radius 1 is 0.435 bits per heavy atom. The molecule has 0 unspecified atom stereocenters. The van der Waals surface area contributed by atoms with Gasteiger partial charge < -0.3 is 4.90 Å². The van der Waals surface area contributed by atoms with Crippen LogP contribution in [-0.4, -0.2) is 15.2 Å². The van der Waals surface area contributed by atoms with Crippen LogP contribution in [-0.2, 0) is 5.41 Å². The van der Waals surface area contributed by atoms with Crippen LogP contribution in [0, 0.1) is 0 Å². The number of nitrogens with zero attached hydrogens (tertiary/aromatic N) is 4. The van der Waals surface area contributed by atoms with E-state index in [9.17, 15) is 0 Å². The van der Waals surface area contributed by atoms with Crippen molar-refractivity contribution in [3.05, 3.63) is 169 Å². The summed E-state index contributed by atoms with van der Waals surface area (Å²) in [6.07, 6.45) is 0. The molecule has 8 rings (SSSR count). The number of anilines is 3. The third kappa shape index (κ3) is 4.76. The molecule has 0 bridgehead atoms. The summed E-state index contributed by atoms with van der Waals surface area (Å²) < 4.78 is 0. The number of benzene rings is 6. The van der Waals surface area contributed by atoms with Crippen molar-refractivity contribution >= 4 is 17.1 Å². The van der Waals surface area contributed by atoms with E-state index in [0.29, 0.717) is 5.82 Å². The van der Waals surface area contributed by atoms with Gasteiger partial charge in [-0.2, -0.15) is 0 Å². The van der Waals surface area contributed by atoms with Gasteiger partial charge >= 0.3 is 0 Å². The van der Waals surface area contributed by atoms with Crippen LogP contribution in [0.1, 0.15) is 25.0 Å². The zero-order valence-corrected chi connectivity index (χ0v) is 25.8. The molecule has 0 aliphatic carbocycles. The Balaban J connectivity index is 1.21. The van der Waals surface area contributed by atoms with Gasteiger partial charge in [-0.25, -0.2) is 4.98 Å². The fourth-order valence-electron chi connectivity index (χ4n) is 6.65. The standard InChI is InChI=1S/C42H32N4/c1-42(2)35-23-9-11-25-37(35)46(38-26-12-10-24-36(38)42)34-22-14-20-32(28-34)31-19-13-21-33(27-31)41-43-39(29-15-5-3-6-16-29)40(44-45-41)30-17-7-4-8-18-30/h3-28H,1-2H3. The molecule has 0 atom stereocenters. The van der Waals surface area contributed by atoms with E-state index in [4.69, 9.17) is 10.1 Å². The van der Waals surface area contributed by atoms with Crippen LogP contribution < -0.4 is 4.90 Å². The van der Waals surface area contributed by atoms with Crippen LogP contribution in [0.3, 0.4) is 0 Å². The molecule has 0 fully saturated rings.